The standard InChI is InChI=1S/C18H19ClN2O2/c1-12(23-15-6-4-14(19)5-7-15)10-21-18(22)17-9-16(17)13-3-2-8-20-11-13/h2-8,11-12,16-17H,9-10H2,1H3,(H,21,22)/t12-,16+,17-/m1/s1. The molecule has 1 heterocycles. The van der Waals surface area contributed by atoms with E-state index < -0.39 is 0 Å². The van der Waals surface area contributed by atoms with Crippen molar-refractivity contribution >= 4 is 17.5 Å². The molecule has 3 atom stereocenters. The molecule has 0 aliphatic heterocycles. The molecule has 4 nitrogen and oxygen atoms in total. The third kappa shape index (κ3) is 4.23. The molecule has 0 bridgehead atoms. The molecule has 0 saturated heterocycles. The summed E-state index contributed by atoms with van der Waals surface area (Å²) < 4.78 is 5.75. The molecule has 2 aromatic rings. The van der Waals surface area contributed by atoms with Gasteiger partial charge in [-0.2, -0.15) is 0 Å². The van der Waals surface area contributed by atoms with Crippen LogP contribution in [-0.2, 0) is 4.79 Å². The predicted molar refractivity (Wildman–Crippen MR) is 89.6 cm³/mol. The molecule has 0 radical (unpaired) electrons. The molecule has 1 amide bonds. The Morgan fingerprint density at radius 3 is 2.87 bits per heavy atom. The fraction of sp³-hybridized carbons (Fsp3) is 0.333. The first kappa shape index (κ1) is 15.8. The average molecular weight is 331 g/mol. The van der Waals surface area contributed by atoms with E-state index in [0.29, 0.717) is 17.5 Å². The second-order valence-corrected chi connectivity index (χ2v) is 6.30. The van der Waals surface area contributed by atoms with Crippen molar-refractivity contribution in [3.8, 4) is 5.75 Å². The van der Waals surface area contributed by atoms with E-state index in [1.54, 1.807) is 18.3 Å². The van der Waals surface area contributed by atoms with Gasteiger partial charge in [0.05, 0.1) is 6.54 Å². The molecule has 1 saturated carbocycles. The first-order valence-corrected chi connectivity index (χ1v) is 8.11. The van der Waals surface area contributed by atoms with Gasteiger partial charge in [0.15, 0.2) is 0 Å². The molecular formula is C18H19ClN2O2. The Morgan fingerprint density at radius 2 is 2.17 bits per heavy atom. The van der Waals surface area contributed by atoms with Crippen LogP contribution in [0.25, 0.3) is 0 Å². The highest BCUT2D eigenvalue weighted by molar-refractivity contribution is 6.30. The van der Waals surface area contributed by atoms with E-state index in [1.165, 1.54) is 0 Å². The van der Waals surface area contributed by atoms with Gasteiger partial charge in [-0.1, -0.05) is 17.7 Å². The van der Waals surface area contributed by atoms with Crippen LogP contribution in [0.1, 0.15) is 24.8 Å². The number of nitrogens with zero attached hydrogens (tertiary/aromatic N) is 1. The Bertz CT molecular complexity index is 660. The molecular weight excluding hydrogens is 312 g/mol. The van der Waals surface area contributed by atoms with Gasteiger partial charge in [-0.15, -0.1) is 0 Å². The van der Waals surface area contributed by atoms with Crippen LogP contribution >= 0.6 is 11.6 Å². The van der Waals surface area contributed by atoms with E-state index in [0.717, 1.165) is 17.7 Å². The Hall–Kier alpha value is -2.07. The van der Waals surface area contributed by atoms with E-state index in [-0.39, 0.29) is 17.9 Å². The molecule has 1 aromatic carbocycles. The van der Waals surface area contributed by atoms with Crippen LogP contribution in [0.5, 0.6) is 5.75 Å². The van der Waals surface area contributed by atoms with E-state index in [4.69, 9.17) is 16.3 Å². The van der Waals surface area contributed by atoms with Crippen LogP contribution in [-0.4, -0.2) is 23.5 Å². The Balaban J connectivity index is 1.43. The number of pyridine rings is 1. The lowest BCUT2D eigenvalue weighted by Crippen LogP contribution is -2.34. The van der Waals surface area contributed by atoms with Gasteiger partial charge in [0.1, 0.15) is 11.9 Å². The number of hydrogen-bond acceptors (Lipinski definition) is 3. The predicted octanol–water partition coefficient (Wildman–Crippen LogP) is 3.42. The zero-order valence-corrected chi connectivity index (χ0v) is 13.7. The van der Waals surface area contributed by atoms with Gasteiger partial charge in [-0.25, -0.2) is 0 Å². The number of hydrogen-bond donors (Lipinski definition) is 1. The number of halogens is 1. The number of amides is 1. The zero-order chi connectivity index (χ0) is 16.2. The minimum atomic E-state index is -0.101. The Labute approximate surface area is 140 Å². The summed E-state index contributed by atoms with van der Waals surface area (Å²) in [5, 5.41) is 3.64. The third-order valence-electron chi connectivity index (χ3n) is 3.95. The minimum absolute atomic E-state index is 0.0573. The van der Waals surface area contributed by atoms with Crippen molar-refractivity contribution in [1.82, 2.24) is 10.3 Å². The SMILES string of the molecule is C[C@H](CNC(=O)[C@@H]1C[C@H]1c1cccnc1)Oc1ccc(Cl)cc1. The third-order valence-corrected chi connectivity index (χ3v) is 4.21. The van der Waals surface area contributed by atoms with Crippen LogP contribution in [0.15, 0.2) is 48.8 Å². The number of rotatable bonds is 6. The lowest BCUT2D eigenvalue weighted by atomic mass is 10.1. The van der Waals surface area contributed by atoms with E-state index in [1.807, 2.05) is 37.4 Å². The molecule has 5 heteroatoms. The second-order valence-electron chi connectivity index (χ2n) is 5.86. The van der Waals surface area contributed by atoms with Crippen LogP contribution in [0.4, 0.5) is 0 Å². The van der Waals surface area contributed by atoms with E-state index in [2.05, 4.69) is 10.3 Å². The number of nitrogens with one attached hydrogen (secondary N) is 1. The van der Waals surface area contributed by atoms with Crippen molar-refractivity contribution in [2.24, 2.45) is 5.92 Å². The number of benzene rings is 1. The van der Waals surface area contributed by atoms with Crippen LogP contribution in [0.3, 0.4) is 0 Å². The first-order chi connectivity index (χ1) is 11.1. The molecule has 1 aliphatic rings. The van der Waals surface area contributed by atoms with Gasteiger partial charge in [0, 0.05) is 23.3 Å². The van der Waals surface area contributed by atoms with Crippen molar-refractivity contribution in [1.29, 1.82) is 0 Å². The van der Waals surface area contributed by atoms with Crippen molar-refractivity contribution in [3.63, 3.8) is 0 Å². The summed E-state index contributed by atoms with van der Waals surface area (Å²) in [5.74, 6) is 1.19. The second kappa shape index (κ2) is 7.01. The largest absolute Gasteiger partial charge is 0.489 e. The molecule has 3 rings (SSSR count). The van der Waals surface area contributed by atoms with Gasteiger partial charge in [-0.3, -0.25) is 9.78 Å². The normalized spacial score (nSPS) is 20.6. The maximum atomic E-state index is 12.2. The van der Waals surface area contributed by atoms with Crippen molar-refractivity contribution < 1.29 is 9.53 Å². The monoisotopic (exact) mass is 330 g/mol. The van der Waals surface area contributed by atoms with Gasteiger partial charge in [-0.05, 0) is 55.2 Å². The van der Waals surface area contributed by atoms with E-state index >= 15 is 0 Å². The van der Waals surface area contributed by atoms with Crippen LogP contribution in [0.2, 0.25) is 5.02 Å². The van der Waals surface area contributed by atoms with Gasteiger partial charge < -0.3 is 10.1 Å². The highest BCUT2D eigenvalue weighted by Crippen LogP contribution is 2.47. The summed E-state index contributed by atoms with van der Waals surface area (Å²) >= 11 is 5.84. The molecule has 1 fully saturated rings. The van der Waals surface area contributed by atoms with Crippen molar-refractivity contribution in [2.75, 3.05) is 6.54 Å². The fourth-order valence-electron chi connectivity index (χ4n) is 2.61. The Kier molecular flexibility index (Phi) is 4.82. The molecule has 0 spiro atoms. The number of aromatic nitrogens is 1. The smallest absolute Gasteiger partial charge is 0.223 e. The zero-order valence-electron chi connectivity index (χ0n) is 12.9. The van der Waals surface area contributed by atoms with Gasteiger partial charge in [0.2, 0.25) is 5.91 Å². The summed E-state index contributed by atoms with van der Waals surface area (Å²) in [5.41, 5.74) is 1.14. The quantitative estimate of drug-likeness (QED) is 0.883. The molecule has 1 aromatic heterocycles. The topological polar surface area (TPSA) is 51.2 Å². The first-order valence-electron chi connectivity index (χ1n) is 7.73. The van der Waals surface area contributed by atoms with Crippen LogP contribution < -0.4 is 10.1 Å². The summed E-state index contributed by atoms with van der Waals surface area (Å²) in [6.45, 7) is 2.41. The molecule has 1 N–H and O–H groups in total. The Morgan fingerprint density at radius 1 is 1.39 bits per heavy atom. The summed E-state index contributed by atoms with van der Waals surface area (Å²) in [6.07, 6.45) is 4.38. The van der Waals surface area contributed by atoms with Gasteiger partial charge >= 0.3 is 0 Å². The summed E-state index contributed by atoms with van der Waals surface area (Å²) in [7, 11) is 0. The fourth-order valence-corrected chi connectivity index (χ4v) is 2.74. The number of carbonyl (C=O) groups is 1. The lowest BCUT2D eigenvalue weighted by molar-refractivity contribution is -0.122. The van der Waals surface area contributed by atoms with E-state index in [9.17, 15) is 4.79 Å². The lowest BCUT2D eigenvalue weighted by Gasteiger charge is -2.15. The summed E-state index contributed by atoms with van der Waals surface area (Å²) in [6, 6.07) is 11.1. The van der Waals surface area contributed by atoms with Crippen LogP contribution in [0, 0.1) is 5.92 Å². The number of carbonyl (C=O) groups excluding carboxylic acids is 1. The molecule has 0 unspecified atom stereocenters. The highest BCUT2D eigenvalue weighted by Gasteiger charge is 2.43. The average Bonchev–Trinajstić information content (AvgIpc) is 3.36. The van der Waals surface area contributed by atoms with Crippen molar-refractivity contribution in [3.05, 3.63) is 59.4 Å². The van der Waals surface area contributed by atoms with Crippen molar-refractivity contribution in [2.45, 2.75) is 25.4 Å². The maximum Gasteiger partial charge on any atom is 0.223 e. The number of ether oxygens (including phenoxy) is 1. The minimum Gasteiger partial charge on any atom is -0.489 e. The molecule has 120 valence electrons. The molecule has 23 heavy (non-hydrogen) atoms. The van der Waals surface area contributed by atoms with Gasteiger partial charge in [0.25, 0.3) is 0 Å². The summed E-state index contributed by atoms with van der Waals surface area (Å²) in [4.78, 5) is 16.3. The molecule has 1 aliphatic carbocycles. The highest BCUT2D eigenvalue weighted by atomic mass is 35.5. The maximum absolute atomic E-state index is 12.2.